The first-order valence-electron chi connectivity index (χ1n) is 7.38. The number of carbonyl (C=O) groups is 1. The number of nitrogens with one attached hydrogen (secondary N) is 1. The molecule has 2 fully saturated rings. The zero-order valence-corrected chi connectivity index (χ0v) is 13.7. The number of nitrogens with zero attached hydrogens (tertiary/aromatic N) is 1. The molecule has 1 aromatic rings. The first kappa shape index (κ1) is 15.0. The maximum absolute atomic E-state index is 12.1. The van der Waals surface area contributed by atoms with E-state index in [1.165, 1.54) is 17.8 Å². The zero-order chi connectivity index (χ0) is 15.0. The van der Waals surface area contributed by atoms with Gasteiger partial charge in [0.15, 0.2) is 0 Å². The molecule has 3 unspecified atom stereocenters. The number of aromatic nitrogens is 1. The summed E-state index contributed by atoms with van der Waals surface area (Å²) in [5.74, 6) is 0.993. The van der Waals surface area contributed by atoms with Crippen molar-refractivity contribution in [2.75, 3.05) is 5.75 Å². The summed E-state index contributed by atoms with van der Waals surface area (Å²) in [5.41, 5.74) is 2.58. The molecule has 3 atom stereocenters. The smallest absolute Gasteiger partial charge is 0.236 e. The van der Waals surface area contributed by atoms with Gasteiger partial charge in [-0.1, -0.05) is 0 Å². The Morgan fingerprint density at radius 2 is 2.19 bits per heavy atom. The summed E-state index contributed by atoms with van der Waals surface area (Å²) in [7, 11) is -3.55. The van der Waals surface area contributed by atoms with Gasteiger partial charge in [-0.3, -0.25) is 9.52 Å². The van der Waals surface area contributed by atoms with Crippen LogP contribution in [0.1, 0.15) is 36.3 Å². The lowest BCUT2D eigenvalue weighted by Crippen LogP contribution is -2.38. The molecule has 7 heteroatoms. The maximum Gasteiger partial charge on any atom is 0.236 e. The molecule has 0 bridgehead atoms. The Labute approximate surface area is 129 Å². The Morgan fingerprint density at radius 1 is 1.38 bits per heavy atom. The van der Waals surface area contributed by atoms with Crippen LogP contribution in [0.25, 0.3) is 0 Å². The zero-order valence-electron chi connectivity index (χ0n) is 12.0. The van der Waals surface area contributed by atoms with Crippen molar-refractivity contribution in [3.05, 3.63) is 16.1 Å². The van der Waals surface area contributed by atoms with E-state index in [9.17, 15) is 13.2 Å². The molecule has 1 N–H and O–H groups in total. The van der Waals surface area contributed by atoms with Crippen LogP contribution >= 0.6 is 11.3 Å². The average molecular weight is 328 g/mol. The van der Waals surface area contributed by atoms with Crippen LogP contribution in [0.5, 0.6) is 0 Å². The highest BCUT2D eigenvalue weighted by Crippen LogP contribution is 2.51. The Morgan fingerprint density at radius 3 is 2.86 bits per heavy atom. The van der Waals surface area contributed by atoms with Crippen LogP contribution in [0.4, 0.5) is 0 Å². The first-order valence-corrected chi connectivity index (χ1v) is 9.91. The van der Waals surface area contributed by atoms with E-state index in [2.05, 4.69) is 9.71 Å². The lowest BCUT2D eigenvalue weighted by molar-refractivity contribution is -0.124. The van der Waals surface area contributed by atoms with Gasteiger partial charge in [0.25, 0.3) is 0 Å². The molecule has 2 aliphatic carbocycles. The SMILES string of the molecule is Cc1ncsc1CCS(=O)(=O)NC(=O)C1CCC2CC2C1. The molecule has 1 aromatic heterocycles. The van der Waals surface area contributed by atoms with Crippen molar-refractivity contribution in [3.63, 3.8) is 0 Å². The molecule has 5 nitrogen and oxygen atoms in total. The number of hydrogen-bond donors (Lipinski definition) is 1. The third kappa shape index (κ3) is 3.63. The third-order valence-corrected chi connectivity index (χ3v) is 6.86. The summed E-state index contributed by atoms with van der Waals surface area (Å²) in [6.07, 6.45) is 4.40. The molecule has 0 aliphatic heterocycles. The van der Waals surface area contributed by atoms with Gasteiger partial charge in [-0.2, -0.15) is 0 Å². The summed E-state index contributed by atoms with van der Waals surface area (Å²) in [6, 6.07) is 0. The number of fused-ring (bicyclic) bond motifs is 1. The van der Waals surface area contributed by atoms with E-state index in [0.29, 0.717) is 12.3 Å². The Balaban J connectivity index is 1.52. The number of carbonyl (C=O) groups excluding carboxylic acids is 1. The van der Waals surface area contributed by atoms with E-state index in [1.54, 1.807) is 5.51 Å². The normalized spacial score (nSPS) is 28.0. The van der Waals surface area contributed by atoms with Gasteiger partial charge in [-0.15, -0.1) is 11.3 Å². The second kappa shape index (κ2) is 5.68. The Bertz CT molecular complexity index is 638. The molecule has 0 radical (unpaired) electrons. The van der Waals surface area contributed by atoms with Crippen LogP contribution in [0.3, 0.4) is 0 Å². The minimum absolute atomic E-state index is 0.0550. The molecule has 0 spiro atoms. The lowest BCUT2D eigenvalue weighted by atomic mass is 9.89. The molecular formula is C14H20N2O3S2. The predicted octanol–water partition coefficient (Wildman–Crippen LogP) is 1.88. The third-order valence-electron chi connectivity index (χ3n) is 4.61. The van der Waals surface area contributed by atoms with Gasteiger partial charge < -0.3 is 0 Å². The molecule has 21 heavy (non-hydrogen) atoms. The largest absolute Gasteiger partial charge is 0.274 e. The van der Waals surface area contributed by atoms with Crippen LogP contribution in [0.15, 0.2) is 5.51 Å². The number of rotatable bonds is 5. The molecule has 3 rings (SSSR count). The molecule has 0 aromatic carbocycles. The summed E-state index contributed by atoms with van der Waals surface area (Å²) < 4.78 is 26.3. The first-order chi connectivity index (χ1) is 9.94. The number of amides is 1. The summed E-state index contributed by atoms with van der Waals surface area (Å²) in [4.78, 5) is 17.2. The molecule has 116 valence electrons. The maximum atomic E-state index is 12.1. The summed E-state index contributed by atoms with van der Waals surface area (Å²) in [6.45, 7) is 1.87. The molecule has 1 heterocycles. The van der Waals surface area contributed by atoms with Crippen LogP contribution < -0.4 is 4.72 Å². The number of sulfonamides is 1. The number of thiazole rings is 1. The van der Waals surface area contributed by atoms with Crippen LogP contribution in [-0.2, 0) is 21.2 Å². The quantitative estimate of drug-likeness (QED) is 0.895. The topological polar surface area (TPSA) is 76.1 Å². The van der Waals surface area contributed by atoms with Gasteiger partial charge in [0.2, 0.25) is 15.9 Å². The summed E-state index contributed by atoms with van der Waals surface area (Å²) in [5, 5.41) is 0. The van der Waals surface area contributed by atoms with Crippen LogP contribution in [0.2, 0.25) is 0 Å². The van der Waals surface area contributed by atoms with Crippen molar-refractivity contribution in [2.45, 2.75) is 39.0 Å². The number of aryl methyl sites for hydroxylation is 2. The van der Waals surface area contributed by atoms with Crippen LogP contribution in [0, 0.1) is 24.7 Å². The molecule has 1 amide bonds. The van der Waals surface area contributed by atoms with Crippen molar-refractivity contribution in [1.82, 2.24) is 9.71 Å². The second-order valence-corrected chi connectivity index (χ2v) is 8.94. The fourth-order valence-electron chi connectivity index (χ4n) is 3.17. The number of hydrogen-bond acceptors (Lipinski definition) is 5. The second-order valence-electron chi connectivity index (χ2n) is 6.16. The monoisotopic (exact) mass is 328 g/mol. The van der Waals surface area contributed by atoms with Gasteiger partial charge in [-0.05, 0) is 50.9 Å². The minimum Gasteiger partial charge on any atom is -0.274 e. The average Bonchev–Trinajstić information content (AvgIpc) is 3.09. The van der Waals surface area contributed by atoms with E-state index in [-0.39, 0.29) is 17.6 Å². The van der Waals surface area contributed by atoms with Gasteiger partial charge >= 0.3 is 0 Å². The Kier molecular flexibility index (Phi) is 4.05. The molecular weight excluding hydrogens is 308 g/mol. The van der Waals surface area contributed by atoms with E-state index >= 15 is 0 Å². The predicted molar refractivity (Wildman–Crippen MR) is 81.4 cm³/mol. The van der Waals surface area contributed by atoms with Crippen molar-refractivity contribution in [2.24, 2.45) is 17.8 Å². The van der Waals surface area contributed by atoms with Crippen molar-refractivity contribution >= 4 is 27.3 Å². The van der Waals surface area contributed by atoms with E-state index in [4.69, 9.17) is 0 Å². The molecule has 2 saturated carbocycles. The van der Waals surface area contributed by atoms with E-state index in [0.717, 1.165) is 35.8 Å². The highest BCUT2D eigenvalue weighted by atomic mass is 32.2. The van der Waals surface area contributed by atoms with Gasteiger partial charge in [0.1, 0.15) is 0 Å². The lowest BCUT2D eigenvalue weighted by Gasteiger charge is -2.20. The van der Waals surface area contributed by atoms with E-state index in [1.807, 2.05) is 6.92 Å². The van der Waals surface area contributed by atoms with Crippen LogP contribution in [-0.4, -0.2) is 25.1 Å². The van der Waals surface area contributed by atoms with Gasteiger partial charge in [0, 0.05) is 10.8 Å². The summed E-state index contributed by atoms with van der Waals surface area (Å²) >= 11 is 1.45. The fourth-order valence-corrected chi connectivity index (χ4v) is 5.13. The fraction of sp³-hybridized carbons (Fsp3) is 0.714. The Hall–Kier alpha value is -0.950. The highest BCUT2D eigenvalue weighted by molar-refractivity contribution is 7.90. The van der Waals surface area contributed by atoms with Crippen molar-refractivity contribution in [3.8, 4) is 0 Å². The molecule has 0 saturated heterocycles. The van der Waals surface area contributed by atoms with Crippen molar-refractivity contribution in [1.29, 1.82) is 0 Å². The van der Waals surface area contributed by atoms with Crippen molar-refractivity contribution < 1.29 is 13.2 Å². The van der Waals surface area contributed by atoms with Gasteiger partial charge in [-0.25, -0.2) is 13.4 Å². The van der Waals surface area contributed by atoms with Gasteiger partial charge in [0.05, 0.1) is 17.0 Å². The minimum atomic E-state index is -3.55. The highest BCUT2D eigenvalue weighted by Gasteiger charge is 2.44. The molecule has 2 aliphatic rings. The van der Waals surface area contributed by atoms with E-state index < -0.39 is 10.0 Å². The standard InChI is InChI=1S/C14H20N2O3S2/c1-9-13(20-8-15-9)4-5-21(18,19)16-14(17)11-3-2-10-6-12(10)7-11/h8,10-12H,2-7H2,1H3,(H,16,17).